The van der Waals surface area contributed by atoms with E-state index in [-0.39, 0.29) is 5.92 Å². The first-order valence-corrected chi connectivity index (χ1v) is 5.87. The van der Waals surface area contributed by atoms with E-state index in [2.05, 4.69) is 55.1 Å². The zero-order chi connectivity index (χ0) is 13.0. The third kappa shape index (κ3) is 2.65. The molecule has 2 aromatic rings. The van der Waals surface area contributed by atoms with E-state index in [9.17, 15) is 0 Å². The molecule has 0 aliphatic carbocycles. The maximum atomic E-state index is 4.07. The fourth-order valence-corrected chi connectivity index (χ4v) is 1.88. The molecule has 18 heavy (non-hydrogen) atoms. The van der Waals surface area contributed by atoms with Gasteiger partial charge < -0.3 is 10.2 Å². The third-order valence-electron chi connectivity index (χ3n) is 2.89. The Morgan fingerprint density at radius 2 is 2.00 bits per heavy atom. The molecule has 0 radical (unpaired) electrons. The van der Waals surface area contributed by atoms with Crippen LogP contribution >= 0.6 is 0 Å². The first kappa shape index (κ1) is 12.5. The van der Waals surface area contributed by atoms with Crippen molar-refractivity contribution in [1.82, 2.24) is 25.9 Å². The average Bonchev–Trinajstić information content (AvgIpc) is 2.90. The van der Waals surface area contributed by atoms with Crippen LogP contribution in [-0.2, 0) is 0 Å². The molecule has 1 heterocycles. The summed E-state index contributed by atoms with van der Waals surface area (Å²) >= 11 is 0. The van der Waals surface area contributed by atoms with E-state index in [1.54, 1.807) is 0 Å². The Labute approximate surface area is 106 Å². The van der Waals surface area contributed by atoms with Crippen molar-refractivity contribution < 1.29 is 0 Å². The maximum absolute atomic E-state index is 4.07. The molecule has 0 saturated carbocycles. The predicted octanol–water partition coefficient (Wildman–Crippen LogP) is 0.617. The molecule has 1 unspecified atom stereocenters. The molecule has 0 aliphatic heterocycles. The second-order valence-electron chi connectivity index (χ2n) is 4.37. The first-order chi connectivity index (χ1) is 8.72. The van der Waals surface area contributed by atoms with Crippen LogP contribution in [0.2, 0.25) is 0 Å². The number of aromatic nitrogens is 4. The topological polar surface area (TPSA) is 69.7 Å². The van der Waals surface area contributed by atoms with Gasteiger partial charge in [-0.3, -0.25) is 0 Å². The van der Waals surface area contributed by atoms with Crippen molar-refractivity contribution >= 4 is 5.69 Å². The largest absolute Gasteiger partial charge is 0.378 e. The summed E-state index contributed by atoms with van der Waals surface area (Å²) in [7, 11) is 5.97. The number of rotatable bonds is 5. The molecule has 0 spiro atoms. The van der Waals surface area contributed by atoms with Crippen LogP contribution in [0.25, 0.3) is 0 Å². The number of nitrogens with one attached hydrogen (secondary N) is 2. The van der Waals surface area contributed by atoms with Crippen molar-refractivity contribution in [3.8, 4) is 0 Å². The van der Waals surface area contributed by atoms with Crippen LogP contribution in [0.5, 0.6) is 0 Å². The van der Waals surface area contributed by atoms with Gasteiger partial charge in [-0.2, -0.15) is 5.21 Å². The molecule has 1 aromatic heterocycles. The minimum Gasteiger partial charge on any atom is -0.378 e. The number of likely N-dealkylation sites (N-methyl/N-ethyl adjacent to an activating group) is 1. The Morgan fingerprint density at radius 1 is 1.28 bits per heavy atom. The summed E-state index contributed by atoms with van der Waals surface area (Å²) < 4.78 is 0. The number of hydrogen-bond acceptors (Lipinski definition) is 5. The summed E-state index contributed by atoms with van der Waals surface area (Å²) in [6.45, 7) is 0.779. The van der Waals surface area contributed by atoms with E-state index >= 15 is 0 Å². The van der Waals surface area contributed by atoms with Crippen molar-refractivity contribution in [2.24, 2.45) is 0 Å². The summed E-state index contributed by atoms with van der Waals surface area (Å²) in [6.07, 6.45) is 0. The Morgan fingerprint density at radius 3 is 2.50 bits per heavy atom. The van der Waals surface area contributed by atoms with E-state index in [0.717, 1.165) is 6.54 Å². The standard InChI is InChI=1S/C12H18N6/c1-13-8-11(12-14-16-17-15-12)9-4-6-10(7-5-9)18(2)3/h4-7,11,13H,8H2,1-3H3,(H,14,15,16,17). The molecule has 0 aliphatic rings. The molecule has 6 heteroatoms. The number of benzene rings is 1. The molecule has 1 aromatic carbocycles. The van der Waals surface area contributed by atoms with Gasteiger partial charge in [0.15, 0.2) is 5.82 Å². The van der Waals surface area contributed by atoms with E-state index in [4.69, 9.17) is 0 Å². The van der Waals surface area contributed by atoms with Crippen LogP contribution in [0.15, 0.2) is 24.3 Å². The number of hydrogen-bond donors (Lipinski definition) is 2. The van der Waals surface area contributed by atoms with Crippen LogP contribution in [0.3, 0.4) is 0 Å². The van der Waals surface area contributed by atoms with E-state index in [1.807, 2.05) is 21.1 Å². The van der Waals surface area contributed by atoms with Crippen LogP contribution in [0.4, 0.5) is 5.69 Å². The van der Waals surface area contributed by atoms with E-state index in [1.165, 1.54) is 11.3 Å². The number of anilines is 1. The highest BCUT2D eigenvalue weighted by Gasteiger charge is 2.17. The Balaban J connectivity index is 2.26. The fourth-order valence-electron chi connectivity index (χ4n) is 1.88. The number of H-pyrrole nitrogens is 1. The molecule has 0 bridgehead atoms. The van der Waals surface area contributed by atoms with Crippen molar-refractivity contribution in [3.63, 3.8) is 0 Å². The van der Waals surface area contributed by atoms with Gasteiger partial charge in [-0.15, -0.1) is 10.2 Å². The van der Waals surface area contributed by atoms with E-state index in [0.29, 0.717) is 5.82 Å². The second kappa shape index (κ2) is 5.59. The lowest BCUT2D eigenvalue weighted by molar-refractivity contribution is 0.672. The normalized spacial score (nSPS) is 12.4. The van der Waals surface area contributed by atoms with Crippen LogP contribution in [0, 0.1) is 0 Å². The van der Waals surface area contributed by atoms with Gasteiger partial charge >= 0.3 is 0 Å². The van der Waals surface area contributed by atoms with Gasteiger partial charge in [0.05, 0.1) is 5.92 Å². The molecule has 96 valence electrons. The molecule has 0 fully saturated rings. The number of nitrogens with zero attached hydrogens (tertiary/aromatic N) is 4. The highest BCUT2D eigenvalue weighted by molar-refractivity contribution is 5.47. The number of aromatic amines is 1. The molecule has 6 nitrogen and oxygen atoms in total. The lowest BCUT2D eigenvalue weighted by atomic mass is 9.98. The molecule has 2 rings (SSSR count). The zero-order valence-corrected chi connectivity index (χ0v) is 10.9. The molecule has 0 saturated heterocycles. The van der Waals surface area contributed by atoms with Crippen molar-refractivity contribution in [2.75, 3.05) is 32.6 Å². The third-order valence-corrected chi connectivity index (χ3v) is 2.89. The monoisotopic (exact) mass is 246 g/mol. The van der Waals surface area contributed by atoms with Crippen LogP contribution in [0.1, 0.15) is 17.3 Å². The SMILES string of the molecule is CNCC(c1ccc(N(C)C)cc1)c1nn[nH]n1. The summed E-state index contributed by atoms with van der Waals surface area (Å²) in [5.41, 5.74) is 2.35. The van der Waals surface area contributed by atoms with Crippen LogP contribution < -0.4 is 10.2 Å². The van der Waals surface area contributed by atoms with Gasteiger partial charge in [0.1, 0.15) is 0 Å². The fraction of sp³-hybridized carbons (Fsp3) is 0.417. The van der Waals surface area contributed by atoms with Gasteiger partial charge in [0, 0.05) is 26.3 Å². The number of tetrazole rings is 1. The second-order valence-corrected chi connectivity index (χ2v) is 4.37. The predicted molar refractivity (Wildman–Crippen MR) is 70.7 cm³/mol. The lowest BCUT2D eigenvalue weighted by Crippen LogP contribution is -2.19. The minimum atomic E-state index is 0.116. The first-order valence-electron chi connectivity index (χ1n) is 5.87. The average molecular weight is 246 g/mol. The molecule has 2 N–H and O–H groups in total. The highest BCUT2D eigenvalue weighted by Crippen LogP contribution is 2.22. The maximum Gasteiger partial charge on any atom is 0.183 e. The summed E-state index contributed by atoms with van der Waals surface area (Å²) in [4.78, 5) is 2.07. The van der Waals surface area contributed by atoms with Gasteiger partial charge in [-0.25, -0.2) is 0 Å². The van der Waals surface area contributed by atoms with Crippen molar-refractivity contribution in [2.45, 2.75) is 5.92 Å². The Hall–Kier alpha value is -1.95. The zero-order valence-electron chi connectivity index (χ0n) is 10.9. The summed E-state index contributed by atoms with van der Waals surface area (Å²) in [5.74, 6) is 0.826. The Bertz CT molecular complexity index is 462. The summed E-state index contributed by atoms with van der Waals surface area (Å²) in [6, 6.07) is 8.40. The summed E-state index contributed by atoms with van der Waals surface area (Å²) in [5, 5.41) is 17.4. The quantitative estimate of drug-likeness (QED) is 0.809. The van der Waals surface area contributed by atoms with E-state index < -0.39 is 0 Å². The molecular weight excluding hydrogens is 228 g/mol. The van der Waals surface area contributed by atoms with Gasteiger partial charge in [-0.05, 0) is 24.7 Å². The van der Waals surface area contributed by atoms with Crippen molar-refractivity contribution in [1.29, 1.82) is 0 Å². The van der Waals surface area contributed by atoms with Crippen LogP contribution in [-0.4, -0.2) is 48.3 Å². The smallest absolute Gasteiger partial charge is 0.183 e. The van der Waals surface area contributed by atoms with Gasteiger partial charge in [0.2, 0.25) is 0 Å². The van der Waals surface area contributed by atoms with Gasteiger partial charge in [0.25, 0.3) is 0 Å². The molecule has 0 amide bonds. The highest BCUT2D eigenvalue weighted by atomic mass is 15.5. The Kier molecular flexibility index (Phi) is 3.88. The lowest BCUT2D eigenvalue weighted by Gasteiger charge is -2.16. The molecule has 1 atom stereocenters. The molecular formula is C12H18N6. The van der Waals surface area contributed by atoms with Gasteiger partial charge in [-0.1, -0.05) is 17.3 Å². The van der Waals surface area contributed by atoms with Crippen molar-refractivity contribution in [3.05, 3.63) is 35.7 Å². The minimum absolute atomic E-state index is 0.116.